The average Bonchev–Trinajstić information content (AvgIpc) is 2.39. The van der Waals surface area contributed by atoms with Crippen LogP contribution >= 0.6 is 0 Å². The third-order valence-electron chi connectivity index (χ3n) is 2.15. The number of ether oxygens (including phenoxy) is 1. The molecule has 0 bridgehead atoms. The Kier molecular flexibility index (Phi) is 2.79. The molecule has 0 saturated heterocycles. The Hall–Kier alpha value is -1.80. The summed E-state index contributed by atoms with van der Waals surface area (Å²) in [7, 11) is 0. The van der Waals surface area contributed by atoms with Gasteiger partial charge in [0, 0.05) is 0 Å². The molecule has 16 heavy (non-hydrogen) atoms. The van der Waals surface area contributed by atoms with Gasteiger partial charge < -0.3 is 9.84 Å². The molecule has 0 radical (unpaired) electrons. The van der Waals surface area contributed by atoms with Gasteiger partial charge in [0.1, 0.15) is 18.4 Å². The lowest BCUT2D eigenvalue weighted by Gasteiger charge is -2.12. The summed E-state index contributed by atoms with van der Waals surface area (Å²) in [5, 5.41) is 10.0. The zero-order valence-electron chi connectivity index (χ0n) is 10.7. The highest BCUT2D eigenvalue weighted by molar-refractivity contribution is 5.22. The molecule has 0 amide bonds. The van der Waals surface area contributed by atoms with Gasteiger partial charge in [0.15, 0.2) is 0 Å². The standard InChI is InChI=1S/C14H14O2/c15-14(12-7-3-1-4-8-12)11-16-13-9-5-2-6-10-13/h1-10,14-15H,11H2/i11D2. The van der Waals surface area contributed by atoms with Crippen molar-refractivity contribution < 1.29 is 12.6 Å². The molecule has 2 aromatic carbocycles. The third kappa shape index (κ3) is 2.84. The van der Waals surface area contributed by atoms with Crippen LogP contribution in [-0.4, -0.2) is 11.7 Å². The molecule has 0 aromatic heterocycles. The predicted octanol–water partition coefficient (Wildman–Crippen LogP) is 2.80. The summed E-state index contributed by atoms with van der Waals surface area (Å²) in [6, 6.07) is 17.2. The molecular weight excluding hydrogens is 200 g/mol. The van der Waals surface area contributed by atoms with Crippen LogP contribution in [-0.2, 0) is 0 Å². The SMILES string of the molecule is [2H]C([2H])(Oc1ccccc1)C(O)c1ccccc1. The van der Waals surface area contributed by atoms with E-state index >= 15 is 0 Å². The minimum atomic E-state index is -2.18. The van der Waals surface area contributed by atoms with Crippen molar-refractivity contribution >= 4 is 0 Å². The first-order chi connectivity index (χ1) is 8.59. The molecule has 1 unspecified atom stereocenters. The van der Waals surface area contributed by atoms with E-state index in [0.29, 0.717) is 11.3 Å². The highest BCUT2D eigenvalue weighted by Crippen LogP contribution is 2.15. The van der Waals surface area contributed by atoms with Crippen molar-refractivity contribution in [1.82, 2.24) is 0 Å². The number of benzene rings is 2. The van der Waals surface area contributed by atoms with Gasteiger partial charge in [-0.2, -0.15) is 0 Å². The summed E-state index contributed by atoms with van der Waals surface area (Å²) >= 11 is 0. The fourth-order valence-corrected chi connectivity index (χ4v) is 1.32. The van der Waals surface area contributed by atoms with Gasteiger partial charge in [-0.3, -0.25) is 0 Å². The highest BCUT2D eigenvalue weighted by Gasteiger charge is 2.06. The Morgan fingerprint density at radius 1 is 1.00 bits per heavy atom. The molecular formula is C14H14O2. The second-order valence-electron chi connectivity index (χ2n) is 3.35. The minimum absolute atomic E-state index is 0.387. The molecule has 0 aliphatic heterocycles. The number of para-hydroxylation sites is 1. The topological polar surface area (TPSA) is 29.5 Å². The Bertz CT molecular complexity index is 486. The largest absolute Gasteiger partial charge is 0.491 e. The first-order valence-corrected chi connectivity index (χ1v) is 5.07. The van der Waals surface area contributed by atoms with Crippen LogP contribution in [0.15, 0.2) is 60.7 Å². The Labute approximate surface area is 97.9 Å². The zero-order chi connectivity index (χ0) is 13.0. The molecule has 0 aliphatic carbocycles. The lowest BCUT2D eigenvalue weighted by molar-refractivity contribution is 0.108. The summed E-state index contributed by atoms with van der Waals surface area (Å²) in [5.74, 6) is 0.387. The summed E-state index contributed by atoms with van der Waals surface area (Å²) < 4.78 is 20.8. The van der Waals surface area contributed by atoms with E-state index < -0.39 is 12.7 Å². The lowest BCUT2D eigenvalue weighted by atomic mass is 10.1. The van der Waals surface area contributed by atoms with Gasteiger partial charge in [-0.25, -0.2) is 0 Å². The van der Waals surface area contributed by atoms with Crippen LogP contribution in [0.25, 0.3) is 0 Å². The predicted molar refractivity (Wildman–Crippen MR) is 63.3 cm³/mol. The summed E-state index contributed by atoms with van der Waals surface area (Å²) in [6.45, 7) is -2.18. The van der Waals surface area contributed by atoms with Crippen molar-refractivity contribution in [2.24, 2.45) is 0 Å². The maximum absolute atomic E-state index is 10.0. The first kappa shape index (κ1) is 8.36. The maximum atomic E-state index is 10.0. The minimum Gasteiger partial charge on any atom is -0.491 e. The van der Waals surface area contributed by atoms with Crippen molar-refractivity contribution in [2.75, 3.05) is 6.56 Å². The second-order valence-corrected chi connectivity index (χ2v) is 3.35. The van der Waals surface area contributed by atoms with Crippen molar-refractivity contribution in [3.8, 4) is 5.75 Å². The van der Waals surface area contributed by atoms with Crippen LogP contribution in [0.2, 0.25) is 0 Å². The monoisotopic (exact) mass is 216 g/mol. The number of aliphatic hydroxyl groups excluding tert-OH is 1. The van der Waals surface area contributed by atoms with Gasteiger partial charge in [-0.1, -0.05) is 48.5 Å². The lowest BCUT2D eigenvalue weighted by Crippen LogP contribution is -2.09. The third-order valence-corrected chi connectivity index (χ3v) is 2.15. The Balaban J connectivity index is 2.16. The molecule has 1 atom stereocenters. The van der Waals surface area contributed by atoms with E-state index in [1.54, 1.807) is 48.5 Å². The fourth-order valence-electron chi connectivity index (χ4n) is 1.32. The average molecular weight is 216 g/mol. The van der Waals surface area contributed by atoms with Gasteiger partial charge in [0.2, 0.25) is 0 Å². The number of hydrogen-bond donors (Lipinski definition) is 1. The molecule has 0 heterocycles. The van der Waals surface area contributed by atoms with Gasteiger partial charge in [0.05, 0.1) is 2.74 Å². The van der Waals surface area contributed by atoms with E-state index in [1.165, 1.54) is 0 Å². The summed E-state index contributed by atoms with van der Waals surface area (Å²) in [5.41, 5.74) is 0.485. The Morgan fingerprint density at radius 2 is 1.56 bits per heavy atom. The number of hydrogen-bond acceptors (Lipinski definition) is 2. The first-order valence-electron chi connectivity index (χ1n) is 6.07. The van der Waals surface area contributed by atoms with Crippen LogP contribution in [0.3, 0.4) is 0 Å². The normalized spacial score (nSPS) is 14.8. The zero-order valence-corrected chi connectivity index (χ0v) is 8.71. The molecule has 82 valence electrons. The van der Waals surface area contributed by atoms with Crippen LogP contribution in [0.1, 0.15) is 14.4 Å². The van der Waals surface area contributed by atoms with Crippen molar-refractivity contribution in [2.45, 2.75) is 6.10 Å². The van der Waals surface area contributed by atoms with Crippen LogP contribution in [0.4, 0.5) is 0 Å². The molecule has 2 nitrogen and oxygen atoms in total. The van der Waals surface area contributed by atoms with E-state index in [1.807, 2.05) is 12.1 Å². The number of rotatable bonds is 4. The van der Waals surface area contributed by atoms with E-state index in [9.17, 15) is 5.11 Å². The van der Waals surface area contributed by atoms with Gasteiger partial charge in [0.25, 0.3) is 0 Å². The quantitative estimate of drug-likeness (QED) is 0.851. The van der Waals surface area contributed by atoms with Crippen molar-refractivity contribution in [3.05, 3.63) is 66.2 Å². The smallest absolute Gasteiger partial charge is 0.119 e. The summed E-state index contributed by atoms with van der Waals surface area (Å²) in [6.07, 6.45) is -1.33. The van der Waals surface area contributed by atoms with Crippen LogP contribution in [0, 0.1) is 0 Å². The number of aliphatic hydroxyl groups is 1. The molecule has 2 rings (SSSR count). The molecule has 0 spiro atoms. The van der Waals surface area contributed by atoms with Crippen molar-refractivity contribution in [3.63, 3.8) is 0 Å². The highest BCUT2D eigenvalue weighted by atomic mass is 16.5. The van der Waals surface area contributed by atoms with E-state index in [-0.39, 0.29) is 0 Å². The summed E-state index contributed by atoms with van der Waals surface area (Å²) in [4.78, 5) is 0. The molecule has 0 saturated carbocycles. The van der Waals surface area contributed by atoms with E-state index in [4.69, 9.17) is 7.48 Å². The second kappa shape index (κ2) is 5.33. The van der Waals surface area contributed by atoms with Gasteiger partial charge >= 0.3 is 0 Å². The molecule has 0 fully saturated rings. The van der Waals surface area contributed by atoms with Gasteiger partial charge in [-0.05, 0) is 17.7 Å². The van der Waals surface area contributed by atoms with Crippen LogP contribution in [0.5, 0.6) is 5.75 Å². The Morgan fingerprint density at radius 3 is 2.19 bits per heavy atom. The molecule has 1 N–H and O–H groups in total. The van der Waals surface area contributed by atoms with Crippen molar-refractivity contribution in [1.29, 1.82) is 0 Å². The molecule has 0 aliphatic rings. The maximum Gasteiger partial charge on any atom is 0.119 e. The molecule has 2 aromatic rings. The van der Waals surface area contributed by atoms with Gasteiger partial charge in [-0.15, -0.1) is 0 Å². The fraction of sp³-hybridized carbons (Fsp3) is 0.143. The van der Waals surface area contributed by atoms with E-state index in [0.717, 1.165) is 0 Å². The molecule has 2 heteroatoms. The van der Waals surface area contributed by atoms with E-state index in [2.05, 4.69) is 0 Å². The van der Waals surface area contributed by atoms with Crippen LogP contribution < -0.4 is 4.74 Å².